The molecule has 0 radical (unpaired) electrons. The predicted octanol–water partition coefficient (Wildman–Crippen LogP) is 2.38. The summed E-state index contributed by atoms with van der Waals surface area (Å²) < 4.78 is 0. The highest BCUT2D eigenvalue weighted by Gasteiger charge is 2.15. The standard InChI is InChI=1S/C16H11N5O/c22-16-11-6-2-1-5-10(11)14(20-21-16)12-9-18-19-15(12)13-7-3-4-8-17-13/h1-9H,(H,18,19)(H,21,22). The number of hydrogen-bond acceptors (Lipinski definition) is 4. The lowest BCUT2D eigenvalue weighted by Gasteiger charge is -2.05. The molecule has 2 N–H and O–H groups in total. The number of aromatic amines is 2. The summed E-state index contributed by atoms with van der Waals surface area (Å²) >= 11 is 0. The number of benzene rings is 1. The second kappa shape index (κ2) is 4.92. The van der Waals surface area contributed by atoms with Crippen molar-refractivity contribution in [2.45, 2.75) is 0 Å². The number of H-pyrrole nitrogens is 2. The van der Waals surface area contributed by atoms with E-state index in [0.717, 1.165) is 22.3 Å². The molecule has 0 aliphatic rings. The van der Waals surface area contributed by atoms with Crippen molar-refractivity contribution in [1.82, 2.24) is 25.4 Å². The number of aromatic nitrogens is 5. The zero-order valence-electron chi connectivity index (χ0n) is 11.4. The Morgan fingerprint density at radius 3 is 2.55 bits per heavy atom. The van der Waals surface area contributed by atoms with Crippen LogP contribution < -0.4 is 5.56 Å². The molecule has 106 valence electrons. The first kappa shape index (κ1) is 12.5. The molecular formula is C16H11N5O. The van der Waals surface area contributed by atoms with Crippen LogP contribution >= 0.6 is 0 Å². The van der Waals surface area contributed by atoms with Gasteiger partial charge >= 0.3 is 0 Å². The number of nitrogens with one attached hydrogen (secondary N) is 2. The van der Waals surface area contributed by atoms with E-state index in [1.807, 2.05) is 36.4 Å². The van der Waals surface area contributed by atoms with Crippen molar-refractivity contribution in [3.8, 4) is 22.6 Å². The minimum absolute atomic E-state index is 0.206. The molecule has 6 nitrogen and oxygen atoms in total. The zero-order valence-corrected chi connectivity index (χ0v) is 11.4. The summed E-state index contributed by atoms with van der Waals surface area (Å²) in [5.74, 6) is 0. The van der Waals surface area contributed by atoms with E-state index in [1.165, 1.54) is 0 Å². The van der Waals surface area contributed by atoms with Gasteiger partial charge in [0.2, 0.25) is 0 Å². The third kappa shape index (κ3) is 1.89. The lowest BCUT2D eigenvalue weighted by Crippen LogP contribution is -2.09. The van der Waals surface area contributed by atoms with Crippen molar-refractivity contribution in [3.05, 3.63) is 65.2 Å². The molecule has 0 fully saturated rings. The number of pyridine rings is 1. The fraction of sp³-hybridized carbons (Fsp3) is 0. The maximum Gasteiger partial charge on any atom is 0.272 e. The molecule has 1 aromatic carbocycles. The Bertz CT molecular complexity index is 1000. The van der Waals surface area contributed by atoms with Crippen LogP contribution in [0.15, 0.2) is 59.7 Å². The van der Waals surface area contributed by atoms with Crippen LogP contribution in [0.25, 0.3) is 33.4 Å². The highest BCUT2D eigenvalue weighted by molar-refractivity contribution is 5.96. The smallest absolute Gasteiger partial charge is 0.272 e. The Kier molecular flexibility index (Phi) is 2.79. The van der Waals surface area contributed by atoms with Gasteiger partial charge in [-0.1, -0.05) is 24.3 Å². The average molecular weight is 289 g/mol. The highest BCUT2D eigenvalue weighted by Crippen LogP contribution is 2.30. The van der Waals surface area contributed by atoms with Crippen LogP contribution in [0.3, 0.4) is 0 Å². The van der Waals surface area contributed by atoms with Crippen LogP contribution in [-0.4, -0.2) is 25.4 Å². The van der Waals surface area contributed by atoms with E-state index >= 15 is 0 Å². The first-order valence-corrected chi connectivity index (χ1v) is 6.77. The van der Waals surface area contributed by atoms with Crippen LogP contribution in [0.4, 0.5) is 0 Å². The van der Waals surface area contributed by atoms with Crippen LogP contribution in [0.2, 0.25) is 0 Å². The molecule has 22 heavy (non-hydrogen) atoms. The normalized spacial score (nSPS) is 10.9. The molecule has 0 atom stereocenters. The Morgan fingerprint density at radius 2 is 1.73 bits per heavy atom. The quantitative estimate of drug-likeness (QED) is 0.593. The van der Waals surface area contributed by atoms with Gasteiger partial charge in [-0.3, -0.25) is 14.9 Å². The molecule has 0 spiro atoms. The van der Waals surface area contributed by atoms with Crippen molar-refractivity contribution in [2.75, 3.05) is 0 Å². The Hall–Kier alpha value is -3.28. The molecule has 0 unspecified atom stereocenters. The lowest BCUT2D eigenvalue weighted by atomic mass is 10.0. The van der Waals surface area contributed by atoms with Gasteiger partial charge in [-0.25, -0.2) is 5.10 Å². The van der Waals surface area contributed by atoms with Crippen molar-refractivity contribution in [3.63, 3.8) is 0 Å². The Balaban J connectivity index is 2.01. The summed E-state index contributed by atoms with van der Waals surface area (Å²) in [4.78, 5) is 16.2. The van der Waals surface area contributed by atoms with Gasteiger partial charge < -0.3 is 0 Å². The van der Waals surface area contributed by atoms with E-state index in [0.29, 0.717) is 11.1 Å². The summed E-state index contributed by atoms with van der Waals surface area (Å²) in [6.07, 6.45) is 3.41. The molecule has 3 heterocycles. The van der Waals surface area contributed by atoms with Crippen molar-refractivity contribution in [1.29, 1.82) is 0 Å². The molecule has 6 heteroatoms. The van der Waals surface area contributed by atoms with Gasteiger partial charge in [0.1, 0.15) is 5.69 Å². The van der Waals surface area contributed by atoms with Gasteiger partial charge in [-0.05, 0) is 18.2 Å². The van der Waals surface area contributed by atoms with E-state index in [-0.39, 0.29) is 5.56 Å². The lowest BCUT2D eigenvalue weighted by molar-refractivity contribution is 1.02. The number of nitrogens with zero attached hydrogens (tertiary/aromatic N) is 3. The van der Waals surface area contributed by atoms with Crippen molar-refractivity contribution < 1.29 is 0 Å². The second-order valence-electron chi connectivity index (χ2n) is 4.82. The van der Waals surface area contributed by atoms with E-state index in [9.17, 15) is 4.79 Å². The monoisotopic (exact) mass is 289 g/mol. The SMILES string of the molecule is O=c1[nH]nc(-c2cn[nH]c2-c2ccccn2)c2ccccc12. The molecule has 0 bridgehead atoms. The summed E-state index contributed by atoms with van der Waals surface area (Å²) in [7, 11) is 0. The van der Waals surface area contributed by atoms with Gasteiger partial charge in [0.25, 0.3) is 5.56 Å². The molecule has 0 aliphatic heterocycles. The highest BCUT2D eigenvalue weighted by atomic mass is 16.1. The molecule has 4 rings (SSSR count). The molecule has 0 aliphatic carbocycles. The first-order valence-electron chi connectivity index (χ1n) is 6.77. The summed E-state index contributed by atoms with van der Waals surface area (Å²) in [6, 6.07) is 13.0. The van der Waals surface area contributed by atoms with Gasteiger partial charge in [0.05, 0.1) is 23.0 Å². The second-order valence-corrected chi connectivity index (χ2v) is 4.82. The van der Waals surface area contributed by atoms with E-state index in [1.54, 1.807) is 18.5 Å². The van der Waals surface area contributed by atoms with E-state index in [2.05, 4.69) is 25.4 Å². The van der Waals surface area contributed by atoms with Gasteiger partial charge in [0, 0.05) is 17.1 Å². The minimum Gasteiger partial charge on any atom is -0.276 e. The molecule has 0 saturated carbocycles. The van der Waals surface area contributed by atoms with Gasteiger partial charge in [0.15, 0.2) is 0 Å². The maximum absolute atomic E-state index is 11.9. The largest absolute Gasteiger partial charge is 0.276 e. The Morgan fingerprint density at radius 1 is 0.909 bits per heavy atom. The fourth-order valence-corrected chi connectivity index (χ4v) is 2.49. The maximum atomic E-state index is 11.9. The zero-order chi connectivity index (χ0) is 14.9. The summed E-state index contributed by atoms with van der Waals surface area (Å²) in [5, 5.41) is 15.2. The predicted molar refractivity (Wildman–Crippen MR) is 83.2 cm³/mol. The van der Waals surface area contributed by atoms with E-state index in [4.69, 9.17) is 0 Å². The van der Waals surface area contributed by atoms with Crippen LogP contribution in [-0.2, 0) is 0 Å². The first-order chi connectivity index (χ1) is 10.8. The minimum atomic E-state index is -0.206. The Labute approximate surface area is 124 Å². The molecule has 0 amide bonds. The van der Waals surface area contributed by atoms with Crippen LogP contribution in [0.1, 0.15) is 0 Å². The van der Waals surface area contributed by atoms with Crippen molar-refractivity contribution in [2.24, 2.45) is 0 Å². The van der Waals surface area contributed by atoms with Gasteiger partial charge in [-0.15, -0.1) is 0 Å². The third-order valence-electron chi connectivity index (χ3n) is 3.51. The third-order valence-corrected chi connectivity index (χ3v) is 3.51. The fourth-order valence-electron chi connectivity index (χ4n) is 2.49. The van der Waals surface area contributed by atoms with Crippen LogP contribution in [0.5, 0.6) is 0 Å². The molecule has 0 saturated heterocycles. The van der Waals surface area contributed by atoms with Gasteiger partial charge in [-0.2, -0.15) is 10.2 Å². The van der Waals surface area contributed by atoms with E-state index < -0.39 is 0 Å². The molecular weight excluding hydrogens is 278 g/mol. The number of hydrogen-bond donors (Lipinski definition) is 2. The van der Waals surface area contributed by atoms with Crippen LogP contribution in [0, 0.1) is 0 Å². The topological polar surface area (TPSA) is 87.3 Å². The molecule has 4 aromatic rings. The summed E-state index contributed by atoms with van der Waals surface area (Å²) in [6.45, 7) is 0. The number of rotatable bonds is 2. The van der Waals surface area contributed by atoms with Crippen molar-refractivity contribution >= 4 is 10.8 Å². The summed E-state index contributed by atoms with van der Waals surface area (Å²) in [5.41, 5.74) is 2.80. The average Bonchev–Trinajstić information content (AvgIpc) is 3.06. The number of fused-ring (bicyclic) bond motifs is 1. The molecule has 3 aromatic heterocycles.